The zero-order valence-electron chi connectivity index (χ0n) is 15.6. The van der Waals surface area contributed by atoms with Gasteiger partial charge in [0.05, 0.1) is 0 Å². The van der Waals surface area contributed by atoms with Crippen LogP contribution in [-0.2, 0) is 5.41 Å². The van der Waals surface area contributed by atoms with Gasteiger partial charge in [-0.05, 0) is 57.0 Å². The lowest BCUT2D eigenvalue weighted by Gasteiger charge is -2.24. The van der Waals surface area contributed by atoms with E-state index in [1.165, 1.54) is 19.3 Å². The summed E-state index contributed by atoms with van der Waals surface area (Å²) in [5, 5.41) is 13.0. The minimum Gasteiger partial charge on any atom is -0.507 e. The predicted molar refractivity (Wildman–Crippen MR) is 97.4 cm³/mol. The van der Waals surface area contributed by atoms with E-state index in [9.17, 15) is 9.90 Å². The van der Waals surface area contributed by atoms with E-state index in [-0.39, 0.29) is 17.1 Å². The summed E-state index contributed by atoms with van der Waals surface area (Å²) in [6.07, 6.45) is 5.62. The highest BCUT2D eigenvalue weighted by Crippen LogP contribution is 2.35. The minimum atomic E-state index is -0.155. The molecule has 0 saturated heterocycles. The number of nitrogens with one attached hydrogen (secondary N) is 1. The van der Waals surface area contributed by atoms with Crippen molar-refractivity contribution >= 4 is 5.78 Å². The van der Waals surface area contributed by atoms with Gasteiger partial charge < -0.3 is 10.4 Å². The molecule has 1 aromatic rings. The number of carbonyl (C=O) groups is 1. The lowest BCUT2D eigenvalue weighted by Crippen LogP contribution is -2.19. The van der Waals surface area contributed by atoms with E-state index in [4.69, 9.17) is 0 Å². The fraction of sp³-hybridized carbons (Fsp3) is 0.650. The highest BCUT2D eigenvalue weighted by Gasteiger charge is 2.26. The molecule has 0 heterocycles. The Labute approximate surface area is 141 Å². The van der Waals surface area contributed by atoms with E-state index >= 15 is 0 Å². The van der Waals surface area contributed by atoms with Gasteiger partial charge in [0.15, 0.2) is 5.78 Å². The maximum Gasteiger partial charge on any atom is 0.165 e. The molecule has 130 valence electrons. The molecule has 0 amide bonds. The van der Waals surface area contributed by atoms with E-state index in [1.807, 2.05) is 33.2 Å². The van der Waals surface area contributed by atoms with E-state index in [2.05, 4.69) is 26.1 Å². The summed E-state index contributed by atoms with van der Waals surface area (Å²) >= 11 is 0. The van der Waals surface area contributed by atoms with Crippen LogP contribution in [0.2, 0.25) is 0 Å². The molecule has 1 saturated carbocycles. The lowest BCUT2D eigenvalue weighted by atomic mass is 9.80. The van der Waals surface area contributed by atoms with Crippen molar-refractivity contribution in [2.24, 2.45) is 5.92 Å². The molecule has 0 unspecified atom stereocenters. The number of benzene rings is 1. The quantitative estimate of drug-likeness (QED) is 0.783. The standard InChI is InChI=1S/C18H26O2.C2H7N/c1-12-10-14(11-15(16(12)19)18(2,3)4)17(20)13-8-6-5-7-9-13;1-3-2/h10-11,13,19H,5-9H2,1-4H3;3H,1-2H3. The smallest absolute Gasteiger partial charge is 0.165 e. The van der Waals surface area contributed by atoms with Gasteiger partial charge in [0.1, 0.15) is 5.75 Å². The van der Waals surface area contributed by atoms with Crippen LogP contribution in [0.4, 0.5) is 0 Å². The summed E-state index contributed by atoms with van der Waals surface area (Å²) in [6, 6.07) is 3.75. The molecule has 23 heavy (non-hydrogen) atoms. The zero-order chi connectivity index (χ0) is 17.6. The first kappa shape index (κ1) is 19.7. The summed E-state index contributed by atoms with van der Waals surface area (Å²) in [5.41, 5.74) is 2.29. The Morgan fingerprint density at radius 1 is 1.13 bits per heavy atom. The predicted octanol–water partition coefficient (Wildman–Crippen LogP) is 4.60. The summed E-state index contributed by atoms with van der Waals surface area (Å²) in [7, 11) is 3.75. The van der Waals surface area contributed by atoms with Crippen molar-refractivity contribution in [1.29, 1.82) is 0 Å². The number of aromatic hydroxyl groups is 1. The van der Waals surface area contributed by atoms with Gasteiger partial charge in [0.2, 0.25) is 0 Å². The first-order chi connectivity index (χ1) is 10.7. The Balaban J connectivity index is 0.000000816. The van der Waals surface area contributed by atoms with Crippen LogP contribution in [0.3, 0.4) is 0 Å². The molecule has 3 nitrogen and oxygen atoms in total. The molecule has 2 rings (SSSR count). The topological polar surface area (TPSA) is 49.3 Å². The molecular weight excluding hydrogens is 286 g/mol. The average Bonchev–Trinajstić information content (AvgIpc) is 2.49. The molecular formula is C20H33NO2. The average molecular weight is 319 g/mol. The van der Waals surface area contributed by atoms with Crippen LogP contribution in [0.15, 0.2) is 12.1 Å². The number of hydrogen-bond donors (Lipinski definition) is 2. The monoisotopic (exact) mass is 319 g/mol. The van der Waals surface area contributed by atoms with E-state index in [0.29, 0.717) is 5.75 Å². The number of phenols is 1. The summed E-state index contributed by atoms with van der Waals surface area (Å²) in [5.74, 6) is 0.775. The zero-order valence-corrected chi connectivity index (χ0v) is 15.6. The molecule has 1 aliphatic rings. The van der Waals surface area contributed by atoms with Crippen molar-refractivity contribution in [1.82, 2.24) is 5.32 Å². The molecule has 1 aromatic carbocycles. The van der Waals surface area contributed by atoms with Crippen molar-refractivity contribution in [3.05, 3.63) is 28.8 Å². The van der Waals surface area contributed by atoms with E-state index in [0.717, 1.165) is 29.5 Å². The number of rotatable bonds is 2. The highest BCUT2D eigenvalue weighted by atomic mass is 16.3. The molecule has 0 atom stereocenters. The molecule has 1 fully saturated rings. The molecule has 0 bridgehead atoms. The molecule has 2 N–H and O–H groups in total. The fourth-order valence-corrected chi connectivity index (χ4v) is 3.09. The third-order valence-corrected chi connectivity index (χ3v) is 4.37. The van der Waals surface area contributed by atoms with Gasteiger partial charge in [-0.3, -0.25) is 4.79 Å². The second-order valence-corrected chi connectivity index (χ2v) is 7.64. The van der Waals surface area contributed by atoms with Crippen LogP contribution in [0, 0.1) is 12.8 Å². The van der Waals surface area contributed by atoms with Crippen molar-refractivity contribution in [2.45, 2.75) is 65.2 Å². The van der Waals surface area contributed by atoms with Gasteiger partial charge >= 0.3 is 0 Å². The van der Waals surface area contributed by atoms with Gasteiger partial charge in [-0.25, -0.2) is 0 Å². The highest BCUT2D eigenvalue weighted by molar-refractivity contribution is 5.98. The number of ketones is 1. The van der Waals surface area contributed by atoms with Crippen LogP contribution in [0.5, 0.6) is 5.75 Å². The maximum absolute atomic E-state index is 12.7. The fourth-order valence-electron chi connectivity index (χ4n) is 3.09. The number of phenolic OH excluding ortho intramolecular Hbond substituents is 1. The summed E-state index contributed by atoms with van der Waals surface area (Å²) in [6.45, 7) is 8.07. The Bertz CT molecular complexity index is 523. The second kappa shape index (κ2) is 8.49. The first-order valence-corrected chi connectivity index (χ1v) is 8.69. The van der Waals surface area contributed by atoms with Gasteiger partial charge in [-0.15, -0.1) is 0 Å². The molecule has 3 heteroatoms. The largest absolute Gasteiger partial charge is 0.507 e. The van der Waals surface area contributed by atoms with Crippen LogP contribution >= 0.6 is 0 Å². The van der Waals surface area contributed by atoms with Crippen LogP contribution in [-0.4, -0.2) is 25.0 Å². The Morgan fingerprint density at radius 2 is 1.65 bits per heavy atom. The second-order valence-electron chi connectivity index (χ2n) is 7.64. The normalized spacial score (nSPS) is 15.7. The molecule has 0 aromatic heterocycles. The van der Waals surface area contributed by atoms with Crippen LogP contribution < -0.4 is 5.32 Å². The van der Waals surface area contributed by atoms with Crippen molar-refractivity contribution in [3.63, 3.8) is 0 Å². The minimum absolute atomic E-state index is 0.155. The number of aryl methyl sites for hydroxylation is 1. The van der Waals surface area contributed by atoms with Crippen molar-refractivity contribution in [2.75, 3.05) is 14.1 Å². The van der Waals surface area contributed by atoms with E-state index in [1.54, 1.807) is 0 Å². The van der Waals surface area contributed by atoms with Crippen LogP contribution in [0.1, 0.15) is 74.4 Å². The van der Waals surface area contributed by atoms with E-state index < -0.39 is 0 Å². The molecule has 0 spiro atoms. The SMILES string of the molecule is CNC.Cc1cc(C(=O)C2CCCCC2)cc(C(C)(C)C)c1O. The number of hydrogen-bond acceptors (Lipinski definition) is 3. The molecule has 0 aliphatic heterocycles. The van der Waals surface area contributed by atoms with Crippen LogP contribution in [0.25, 0.3) is 0 Å². The first-order valence-electron chi connectivity index (χ1n) is 8.69. The van der Waals surface area contributed by atoms with Gasteiger partial charge in [-0.2, -0.15) is 0 Å². The maximum atomic E-state index is 12.7. The molecule has 1 aliphatic carbocycles. The van der Waals surface area contributed by atoms with Gasteiger partial charge in [-0.1, -0.05) is 40.0 Å². The Kier molecular flexibility index (Phi) is 7.27. The number of Topliss-reactive ketones (excluding diaryl/α,β-unsaturated/α-hetero) is 1. The Morgan fingerprint density at radius 3 is 2.13 bits per heavy atom. The van der Waals surface area contributed by atoms with Crippen molar-refractivity contribution in [3.8, 4) is 5.75 Å². The Hall–Kier alpha value is -1.35. The molecule has 0 radical (unpaired) electrons. The van der Waals surface area contributed by atoms with Gasteiger partial charge in [0, 0.05) is 17.0 Å². The summed E-state index contributed by atoms with van der Waals surface area (Å²) < 4.78 is 0. The third-order valence-electron chi connectivity index (χ3n) is 4.37. The summed E-state index contributed by atoms with van der Waals surface area (Å²) in [4.78, 5) is 12.7. The third kappa shape index (κ3) is 5.35. The number of carbonyl (C=O) groups excluding carboxylic acids is 1. The van der Waals surface area contributed by atoms with Crippen molar-refractivity contribution < 1.29 is 9.90 Å². The van der Waals surface area contributed by atoms with Gasteiger partial charge in [0.25, 0.3) is 0 Å². The lowest BCUT2D eigenvalue weighted by molar-refractivity contribution is 0.0889.